The number of primary amides is 1. The fraction of sp³-hybridized carbons (Fsp3) is 0.0714. The molecule has 2 rings (SSSR count). The Morgan fingerprint density at radius 1 is 1.15 bits per heavy atom. The molecule has 0 aromatic heterocycles. The molecule has 1 amide bonds. The molecule has 104 valence electrons. The third kappa shape index (κ3) is 3.53. The fourth-order valence-corrected chi connectivity index (χ4v) is 3.08. The van der Waals surface area contributed by atoms with Crippen LogP contribution in [0, 0.1) is 0 Å². The first-order chi connectivity index (χ1) is 9.49. The van der Waals surface area contributed by atoms with E-state index in [4.69, 9.17) is 17.3 Å². The van der Waals surface area contributed by atoms with Gasteiger partial charge in [0.25, 0.3) is 0 Å². The topological polar surface area (TPSA) is 55.1 Å². The fourth-order valence-electron chi connectivity index (χ4n) is 1.77. The lowest BCUT2D eigenvalue weighted by molar-refractivity contribution is -0.118. The van der Waals surface area contributed by atoms with Gasteiger partial charge in [-0.3, -0.25) is 4.79 Å². The predicted molar refractivity (Wildman–Crippen MR) is 88.9 cm³/mol. The molecule has 0 aliphatic heterocycles. The summed E-state index contributed by atoms with van der Waals surface area (Å²) in [7, 11) is 0. The second kappa shape index (κ2) is 6.61. The van der Waals surface area contributed by atoms with Gasteiger partial charge < -0.3 is 11.1 Å². The summed E-state index contributed by atoms with van der Waals surface area (Å²) < 4.78 is 1.59. The minimum Gasteiger partial charge on any atom is -0.369 e. The first-order valence-corrected chi connectivity index (χ1v) is 7.71. The van der Waals surface area contributed by atoms with Crippen molar-refractivity contribution in [2.45, 2.75) is 6.04 Å². The predicted octanol–water partition coefficient (Wildman–Crippen LogP) is 4.50. The lowest BCUT2D eigenvalue weighted by Gasteiger charge is -2.19. The highest BCUT2D eigenvalue weighted by molar-refractivity contribution is 9.11. The Labute approximate surface area is 138 Å². The number of hydrogen-bond acceptors (Lipinski definition) is 2. The normalized spacial score (nSPS) is 11.9. The standard InChI is InChI=1S/C14H11Br2ClN2O/c15-10-3-1-2-4-12(10)19-13(14(18)20)9-6-5-8(17)7-11(9)16/h1-7,13,19H,(H2,18,20). The summed E-state index contributed by atoms with van der Waals surface area (Å²) in [6.07, 6.45) is 0. The molecule has 0 fully saturated rings. The van der Waals surface area contributed by atoms with Crippen molar-refractivity contribution in [1.82, 2.24) is 0 Å². The van der Waals surface area contributed by atoms with Gasteiger partial charge in [-0.2, -0.15) is 0 Å². The van der Waals surface area contributed by atoms with Crippen LogP contribution in [0.4, 0.5) is 5.69 Å². The third-order valence-corrected chi connectivity index (χ3v) is 4.35. The molecule has 0 saturated heterocycles. The molecular weight excluding hydrogens is 407 g/mol. The van der Waals surface area contributed by atoms with Gasteiger partial charge >= 0.3 is 0 Å². The molecule has 3 nitrogen and oxygen atoms in total. The maximum Gasteiger partial charge on any atom is 0.244 e. The zero-order valence-electron chi connectivity index (χ0n) is 10.2. The van der Waals surface area contributed by atoms with Crippen molar-refractivity contribution in [3.8, 4) is 0 Å². The van der Waals surface area contributed by atoms with Gasteiger partial charge in [-0.25, -0.2) is 0 Å². The van der Waals surface area contributed by atoms with Crippen molar-refractivity contribution in [1.29, 1.82) is 0 Å². The van der Waals surface area contributed by atoms with E-state index in [0.29, 0.717) is 5.02 Å². The average molecular weight is 419 g/mol. The van der Waals surface area contributed by atoms with Gasteiger partial charge in [0.1, 0.15) is 6.04 Å². The molecule has 0 saturated carbocycles. The molecule has 6 heteroatoms. The molecule has 0 radical (unpaired) electrons. The van der Waals surface area contributed by atoms with Crippen LogP contribution in [-0.4, -0.2) is 5.91 Å². The summed E-state index contributed by atoms with van der Waals surface area (Å²) >= 11 is 12.7. The first-order valence-electron chi connectivity index (χ1n) is 5.74. The third-order valence-electron chi connectivity index (χ3n) is 2.73. The van der Waals surface area contributed by atoms with E-state index in [0.717, 1.165) is 20.2 Å². The van der Waals surface area contributed by atoms with Crippen molar-refractivity contribution in [2.75, 3.05) is 5.32 Å². The number of benzene rings is 2. The van der Waals surface area contributed by atoms with Gasteiger partial charge in [0.05, 0.1) is 0 Å². The second-order valence-electron chi connectivity index (χ2n) is 4.13. The van der Waals surface area contributed by atoms with Crippen molar-refractivity contribution in [2.24, 2.45) is 5.73 Å². The quantitative estimate of drug-likeness (QED) is 0.768. The number of rotatable bonds is 4. The Morgan fingerprint density at radius 3 is 2.45 bits per heavy atom. The molecule has 0 spiro atoms. The van der Waals surface area contributed by atoms with E-state index in [9.17, 15) is 4.79 Å². The summed E-state index contributed by atoms with van der Waals surface area (Å²) in [5.41, 5.74) is 7.03. The SMILES string of the molecule is NC(=O)C(Nc1ccccc1Br)c1ccc(Cl)cc1Br. The van der Waals surface area contributed by atoms with Gasteiger partial charge in [0.2, 0.25) is 5.91 Å². The molecule has 1 atom stereocenters. The molecule has 0 bridgehead atoms. The monoisotopic (exact) mass is 416 g/mol. The molecule has 0 heterocycles. The Balaban J connectivity index is 2.37. The molecular formula is C14H11Br2ClN2O. The Morgan fingerprint density at radius 2 is 1.85 bits per heavy atom. The number of carbonyl (C=O) groups is 1. The molecule has 2 aromatic carbocycles. The van der Waals surface area contributed by atoms with Gasteiger partial charge in [-0.15, -0.1) is 0 Å². The van der Waals surface area contributed by atoms with Crippen LogP contribution in [0.25, 0.3) is 0 Å². The van der Waals surface area contributed by atoms with Crippen LogP contribution >= 0.6 is 43.5 Å². The molecule has 1 unspecified atom stereocenters. The number of para-hydroxylation sites is 1. The molecule has 3 N–H and O–H groups in total. The highest BCUT2D eigenvalue weighted by atomic mass is 79.9. The van der Waals surface area contributed by atoms with Gasteiger partial charge in [0, 0.05) is 19.7 Å². The van der Waals surface area contributed by atoms with Crippen LogP contribution in [0.5, 0.6) is 0 Å². The van der Waals surface area contributed by atoms with Crippen LogP contribution in [0.1, 0.15) is 11.6 Å². The Kier molecular flexibility index (Phi) is 5.07. The van der Waals surface area contributed by atoms with E-state index in [1.54, 1.807) is 18.2 Å². The van der Waals surface area contributed by atoms with Crippen molar-refractivity contribution < 1.29 is 4.79 Å². The minimum absolute atomic E-state index is 0.469. The number of halogens is 3. The first kappa shape index (κ1) is 15.4. The number of amides is 1. The number of nitrogens with two attached hydrogens (primary N) is 1. The highest BCUT2D eigenvalue weighted by Gasteiger charge is 2.21. The molecule has 0 aliphatic carbocycles. The van der Waals surface area contributed by atoms with Gasteiger partial charge in [-0.1, -0.05) is 45.7 Å². The molecule has 20 heavy (non-hydrogen) atoms. The maximum absolute atomic E-state index is 11.7. The van der Waals surface area contributed by atoms with E-state index in [2.05, 4.69) is 37.2 Å². The van der Waals surface area contributed by atoms with Crippen molar-refractivity contribution >= 4 is 55.1 Å². The molecule has 0 aliphatic rings. The Bertz CT molecular complexity index is 649. The van der Waals surface area contributed by atoms with E-state index in [1.165, 1.54) is 0 Å². The number of anilines is 1. The van der Waals surface area contributed by atoms with Crippen LogP contribution in [0.3, 0.4) is 0 Å². The van der Waals surface area contributed by atoms with E-state index in [-0.39, 0.29) is 0 Å². The van der Waals surface area contributed by atoms with E-state index in [1.807, 2.05) is 24.3 Å². The Hall–Kier alpha value is -1.04. The zero-order chi connectivity index (χ0) is 14.7. The smallest absolute Gasteiger partial charge is 0.244 e. The highest BCUT2D eigenvalue weighted by Crippen LogP contribution is 2.31. The van der Waals surface area contributed by atoms with Crippen molar-refractivity contribution in [3.63, 3.8) is 0 Å². The molecule has 2 aromatic rings. The second-order valence-corrected chi connectivity index (χ2v) is 6.27. The van der Waals surface area contributed by atoms with Crippen LogP contribution in [0.2, 0.25) is 5.02 Å². The summed E-state index contributed by atoms with van der Waals surface area (Å²) in [6, 6.07) is 12.1. The van der Waals surface area contributed by atoms with E-state index < -0.39 is 11.9 Å². The van der Waals surface area contributed by atoms with Crippen molar-refractivity contribution in [3.05, 3.63) is 62.0 Å². The van der Waals surface area contributed by atoms with E-state index >= 15 is 0 Å². The van der Waals surface area contributed by atoms with Gasteiger partial charge in [0.15, 0.2) is 0 Å². The largest absolute Gasteiger partial charge is 0.369 e. The number of carbonyl (C=O) groups excluding carboxylic acids is 1. The summed E-state index contributed by atoms with van der Waals surface area (Å²) in [5, 5.41) is 3.72. The van der Waals surface area contributed by atoms with Gasteiger partial charge in [-0.05, 0) is 45.8 Å². The van der Waals surface area contributed by atoms with Crippen LogP contribution in [0.15, 0.2) is 51.4 Å². The lowest BCUT2D eigenvalue weighted by atomic mass is 10.1. The zero-order valence-corrected chi connectivity index (χ0v) is 14.2. The maximum atomic E-state index is 11.7. The number of hydrogen-bond donors (Lipinski definition) is 2. The minimum atomic E-state index is -0.652. The lowest BCUT2D eigenvalue weighted by Crippen LogP contribution is -2.28. The summed E-state index contributed by atoms with van der Waals surface area (Å²) in [5.74, 6) is -0.469. The number of nitrogens with one attached hydrogen (secondary N) is 1. The average Bonchev–Trinajstić information content (AvgIpc) is 2.38. The van der Waals surface area contributed by atoms with Crippen LogP contribution in [-0.2, 0) is 4.79 Å². The van der Waals surface area contributed by atoms with Crippen LogP contribution < -0.4 is 11.1 Å². The summed E-state index contributed by atoms with van der Waals surface area (Å²) in [4.78, 5) is 11.7. The summed E-state index contributed by atoms with van der Waals surface area (Å²) in [6.45, 7) is 0.